The number of halogens is 1. The number of amides is 1. The van der Waals surface area contributed by atoms with Crippen molar-refractivity contribution in [1.82, 2.24) is 15.1 Å². The molecule has 1 amide bonds. The number of piperazine rings is 1. The van der Waals surface area contributed by atoms with Gasteiger partial charge < -0.3 is 10.2 Å². The highest BCUT2D eigenvalue weighted by molar-refractivity contribution is 5.98. The lowest BCUT2D eigenvalue weighted by atomic mass is 9.99. The Morgan fingerprint density at radius 1 is 1.07 bits per heavy atom. The second-order valence-electron chi connectivity index (χ2n) is 8.29. The van der Waals surface area contributed by atoms with Crippen LogP contribution in [0.1, 0.15) is 49.0 Å². The average Bonchev–Trinajstić information content (AvgIpc) is 3.17. The van der Waals surface area contributed by atoms with Gasteiger partial charge in [0.25, 0.3) is 0 Å². The Morgan fingerprint density at radius 2 is 1.75 bits per heavy atom. The number of carbonyl (C=O) groups is 2. The van der Waals surface area contributed by atoms with Crippen LogP contribution in [0.2, 0.25) is 0 Å². The topological polar surface area (TPSA) is 52.7 Å². The highest BCUT2D eigenvalue weighted by atomic mass is 35.5. The van der Waals surface area contributed by atoms with Gasteiger partial charge in [-0.25, -0.2) is 0 Å². The van der Waals surface area contributed by atoms with Crippen molar-refractivity contribution in [1.29, 1.82) is 0 Å². The summed E-state index contributed by atoms with van der Waals surface area (Å²) >= 11 is 0. The minimum atomic E-state index is 0. The summed E-state index contributed by atoms with van der Waals surface area (Å²) in [6.45, 7) is 10.2. The molecule has 2 saturated heterocycles. The molecule has 0 aromatic heterocycles. The zero-order chi connectivity index (χ0) is 19.2. The van der Waals surface area contributed by atoms with Crippen molar-refractivity contribution in [3.05, 3.63) is 35.4 Å². The standard InChI is InChI=1S/C22H33N3O2.ClH/c1-17(2)15-18-3-5-19(6-4-18)21(26)7-8-22(27)25-12-9-20(16-25)24-13-10-23-11-14-24;/h3-6,17,20,23H,7-16H2,1-2H3;1H. The van der Waals surface area contributed by atoms with Crippen molar-refractivity contribution in [2.75, 3.05) is 39.3 Å². The van der Waals surface area contributed by atoms with Crippen LogP contribution >= 0.6 is 12.4 Å². The summed E-state index contributed by atoms with van der Waals surface area (Å²) in [6.07, 6.45) is 2.70. The summed E-state index contributed by atoms with van der Waals surface area (Å²) < 4.78 is 0. The third-order valence-electron chi connectivity index (χ3n) is 5.67. The molecule has 5 nitrogen and oxygen atoms in total. The van der Waals surface area contributed by atoms with Gasteiger partial charge in [0.15, 0.2) is 5.78 Å². The van der Waals surface area contributed by atoms with E-state index in [0.29, 0.717) is 24.8 Å². The summed E-state index contributed by atoms with van der Waals surface area (Å²) in [5.74, 6) is 0.796. The number of ketones is 1. The Bertz CT molecular complexity index is 642. The van der Waals surface area contributed by atoms with E-state index >= 15 is 0 Å². The molecule has 0 bridgehead atoms. The van der Waals surface area contributed by atoms with E-state index in [4.69, 9.17) is 0 Å². The lowest BCUT2D eigenvalue weighted by Crippen LogP contribution is -2.49. The molecule has 1 aromatic carbocycles. The Kier molecular flexibility index (Phi) is 8.93. The number of hydrogen-bond acceptors (Lipinski definition) is 4. The minimum absolute atomic E-state index is 0. The predicted molar refractivity (Wildman–Crippen MR) is 115 cm³/mol. The van der Waals surface area contributed by atoms with Crippen LogP contribution in [0.25, 0.3) is 0 Å². The van der Waals surface area contributed by atoms with Crippen molar-refractivity contribution in [2.45, 2.75) is 45.6 Å². The molecule has 156 valence electrons. The van der Waals surface area contributed by atoms with Gasteiger partial charge in [0, 0.05) is 63.7 Å². The van der Waals surface area contributed by atoms with E-state index in [0.717, 1.165) is 57.7 Å². The molecular weight excluding hydrogens is 374 g/mol. The largest absolute Gasteiger partial charge is 0.341 e. The fourth-order valence-electron chi connectivity index (χ4n) is 4.13. The van der Waals surface area contributed by atoms with Gasteiger partial charge in [-0.1, -0.05) is 38.1 Å². The lowest BCUT2D eigenvalue weighted by molar-refractivity contribution is -0.130. The molecule has 0 spiro atoms. The first-order valence-electron chi connectivity index (χ1n) is 10.4. The van der Waals surface area contributed by atoms with Gasteiger partial charge in [-0.05, 0) is 24.3 Å². The summed E-state index contributed by atoms with van der Waals surface area (Å²) in [5.41, 5.74) is 1.98. The third kappa shape index (κ3) is 6.29. The molecule has 3 rings (SSSR count). The van der Waals surface area contributed by atoms with Gasteiger partial charge in [0.05, 0.1) is 0 Å². The van der Waals surface area contributed by atoms with Gasteiger partial charge >= 0.3 is 0 Å². The second kappa shape index (κ2) is 10.9. The van der Waals surface area contributed by atoms with Gasteiger partial charge in [-0.15, -0.1) is 12.4 Å². The maximum absolute atomic E-state index is 12.5. The number of nitrogens with zero attached hydrogens (tertiary/aromatic N) is 2. The fraction of sp³-hybridized carbons (Fsp3) is 0.636. The molecule has 1 atom stereocenters. The van der Waals surface area contributed by atoms with E-state index in [9.17, 15) is 9.59 Å². The summed E-state index contributed by atoms with van der Waals surface area (Å²) in [7, 11) is 0. The maximum atomic E-state index is 12.5. The molecular formula is C22H34ClN3O2. The molecule has 1 N–H and O–H groups in total. The van der Waals surface area contributed by atoms with Crippen molar-refractivity contribution in [3.8, 4) is 0 Å². The van der Waals surface area contributed by atoms with Crippen LogP contribution in [0.15, 0.2) is 24.3 Å². The van der Waals surface area contributed by atoms with E-state index in [1.54, 1.807) is 0 Å². The summed E-state index contributed by atoms with van der Waals surface area (Å²) in [6, 6.07) is 8.36. The first-order valence-corrected chi connectivity index (χ1v) is 10.4. The summed E-state index contributed by atoms with van der Waals surface area (Å²) in [5, 5.41) is 3.37. The van der Waals surface area contributed by atoms with Crippen LogP contribution in [0.3, 0.4) is 0 Å². The number of nitrogens with one attached hydrogen (secondary N) is 1. The second-order valence-corrected chi connectivity index (χ2v) is 8.29. The average molecular weight is 408 g/mol. The first-order chi connectivity index (χ1) is 13.0. The van der Waals surface area contributed by atoms with Crippen molar-refractivity contribution in [2.24, 2.45) is 5.92 Å². The van der Waals surface area contributed by atoms with Crippen molar-refractivity contribution < 1.29 is 9.59 Å². The van der Waals surface area contributed by atoms with Crippen LogP contribution in [0.5, 0.6) is 0 Å². The van der Waals surface area contributed by atoms with Crippen LogP contribution in [0, 0.1) is 5.92 Å². The third-order valence-corrected chi connectivity index (χ3v) is 5.67. The first kappa shape index (κ1) is 22.9. The molecule has 28 heavy (non-hydrogen) atoms. The van der Waals surface area contributed by atoms with Crippen LogP contribution in [-0.4, -0.2) is 66.8 Å². The highest BCUT2D eigenvalue weighted by Gasteiger charge is 2.30. The molecule has 2 heterocycles. The number of likely N-dealkylation sites (tertiary alicyclic amines) is 1. The Labute approximate surface area is 175 Å². The molecule has 1 aromatic rings. The lowest BCUT2D eigenvalue weighted by Gasteiger charge is -2.32. The number of carbonyl (C=O) groups excluding carboxylic acids is 2. The van der Waals surface area contributed by atoms with Crippen LogP contribution in [0.4, 0.5) is 0 Å². The molecule has 2 aliphatic heterocycles. The zero-order valence-electron chi connectivity index (χ0n) is 17.2. The number of benzene rings is 1. The van der Waals surface area contributed by atoms with Gasteiger partial charge in [0.1, 0.15) is 0 Å². The smallest absolute Gasteiger partial charge is 0.223 e. The number of rotatable bonds is 7. The Balaban J connectivity index is 0.00000280. The molecule has 2 aliphatic rings. The molecule has 0 aliphatic carbocycles. The molecule has 6 heteroatoms. The van der Waals surface area contributed by atoms with E-state index in [1.165, 1.54) is 5.56 Å². The number of Topliss-reactive ketones (excluding diaryl/α,β-unsaturated/α-hetero) is 1. The Hall–Kier alpha value is -1.43. The van der Waals surface area contributed by atoms with Crippen molar-refractivity contribution >= 4 is 24.1 Å². The quantitative estimate of drug-likeness (QED) is 0.706. The van der Waals surface area contributed by atoms with Gasteiger partial charge in [-0.3, -0.25) is 14.5 Å². The summed E-state index contributed by atoms with van der Waals surface area (Å²) in [4.78, 5) is 29.4. The van der Waals surface area contributed by atoms with E-state index in [-0.39, 0.29) is 24.1 Å². The van der Waals surface area contributed by atoms with E-state index in [1.807, 2.05) is 29.2 Å². The van der Waals surface area contributed by atoms with E-state index in [2.05, 4.69) is 24.1 Å². The van der Waals surface area contributed by atoms with E-state index < -0.39 is 0 Å². The van der Waals surface area contributed by atoms with Gasteiger partial charge in [0.2, 0.25) is 5.91 Å². The highest BCUT2D eigenvalue weighted by Crippen LogP contribution is 2.18. The Morgan fingerprint density at radius 3 is 2.39 bits per heavy atom. The molecule has 1 unspecified atom stereocenters. The minimum Gasteiger partial charge on any atom is -0.341 e. The fourth-order valence-corrected chi connectivity index (χ4v) is 4.13. The molecule has 2 fully saturated rings. The van der Waals surface area contributed by atoms with Gasteiger partial charge in [-0.2, -0.15) is 0 Å². The zero-order valence-corrected chi connectivity index (χ0v) is 18.0. The normalized spacial score (nSPS) is 20.2. The van der Waals surface area contributed by atoms with Crippen molar-refractivity contribution in [3.63, 3.8) is 0 Å². The SMILES string of the molecule is CC(C)Cc1ccc(C(=O)CCC(=O)N2CCC(N3CCNCC3)C2)cc1.Cl. The maximum Gasteiger partial charge on any atom is 0.223 e. The molecule has 0 saturated carbocycles. The molecule has 0 radical (unpaired) electrons. The van der Waals surface area contributed by atoms with Crippen LogP contribution < -0.4 is 5.32 Å². The predicted octanol–water partition coefficient (Wildman–Crippen LogP) is 2.78. The monoisotopic (exact) mass is 407 g/mol. The number of hydrogen-bond donors (Lipinski definition) is 1. The van der Waals surface area contributed by atoms with Crippen LogP contribution in [-0.2, 0) is 11.2 Å².